The van der Waals surface area contributed by atoms with E-state index in [1.165, 1.54) is 0 Å². The molecule has 0 saturated heterocycles. The summed E-state index contributed by atoms with van der Waals surface area (Å²) in [5, 5.41) is 0. The molecule has 0 bridgehead atoms. The summed E-state index contributed by atoms with van der Waals surface area (Å²) in [6.45, 7) is 0. The molecular weight excluding hydrogens is 196 g/mol. The highest BCUT2D eigenvalue weighted by Crippen LogP contribution is 2.21. The number of halogens is 2. The molecule has 1 aromatic heterocycles. The SMILES string of the molecule is COC(=O)c1c[nH]c(=O)cc1C(F)F. The highest BCUT2D eigenvalue weighted by Gasteiger charge is 2.19. The summed E-state index contributed by atoms with van der Waals surface area (Å²) in [4.78, 5) is 23.8. The third-order valence-electron chi connectivity index (χ3n) is 1.60. The molecule has 0 aliphatic rings. The molecule has 0 aromatic carbocycles. The topological polar surface area (TPSA) is 59.2 Å². The molecule has 0 aliphatic heterocycles. The van der Waals surface area contributed by atoms with Crippen molar-refractivity contribution in [1.82, 2.24) is 4.98 Å². The average Bonchev–Trinajstić information content (AvgIpc) is 2.16. The summed E-state index contributed by atoms with van der Waals surface area (Å²) < 4.78 is 29.0. The minimum atomic E-state index is -2.88. The van der Waals surface area contributed by atoms with Crippen molar-refractivity contribution < 1.29 is 18.3 Å². The Hall–Kier alpha value is -1.72. The Morgan fingerprint density at radius 2 is 2.21 bits per heavy atom. The fourth-order valence-electron chi connectivity index (χ4n) is 0.955. The van der Waals surface area contributed by atoms with Crippen LogP contribution in [0.1, 0.15) is 22.3 Å². The van der Waals surface area contributed by atoms with Gasteiger partial charge in [0.15, 0.2) is 0 Å². The number of nitrogens with one attached hydrogen (secondary N) is 1. The van der Waals surface area contributed by atoms with E-state index in [1.54, 1.807) is 0 Å². The van der Waals surface area contributed by atoms with Gasteiger partial charge in [0.1, 0.15) is 0 Å². The van der Waals surface area contributed by atoms with E-state index in [4.69, 9.17) is 0 Å². The summed E-state index contributed by atoms with van der Waals surface area (Å²) in [6.07, 6.45) is -1.97. The molecule has 14 heavy (non-hydrogen) atoms. The van der Waals surface area contributed by atoms with Crippen molar-refractivity contribution in [3.63, 3.8) is 0 Å². The smallest absolute Gasteiger partial charge is 0.339 e. The normalized spacial score (nSPS) is 10.3. The van der Waals surface area contributed by atoms with Gasteiger partial charge in [-0.3, -0.25) is 4.79 Å². The fourth-order valence-corrected chi connectivity index (χ4v) is 0.955. The van der Waals surface area contributed by atoms with E-state index in [9.17, 15) is 18.4 Å². The predicted molar refractivity (Wildman–Crippen MR) is 43.4 cm³/mol. The second-order valence-electron chi connectivity index (χ2n) is 2.46. The number of methoxy groups -OCH3 is 1. The molecule has 0 unspecified atom stereocenters. The second-order valence-corrected chi connectivity index (χ2v) is 2.46. The number of ether oxygens (including phenoxy) is 1. The van der Waals surface area contributed by atoms with Crippen molar-refractivity contribution in [2.45, 2.75) is 6.43 Å². The van der Waals surface area contributed by atoms with Gasteiger partial charge in [-0.05, 0) is 0 Å². The molecule has 0 saturated carbocycles. The third-order valence-corrected chi connectivity index (χ3v) is 1.60. The van der Waals surface area contributed by atoms with Crippen molar-refractivity contribution in [3.8, 4) is 0 Å². The second kappa shape index (κ2) is 3.99. The maximum atomic E-state index is 12.3. The minimum absolute atomic E-state index is 0.331. The van der Waals surface area contributed by atoms with Crippen molar-refractivity contribution in [2.75, 3.05) is 7.11 Å². The van der Waals surface area contributed by atoms with Gasteiger partial charge in [0.25, 0.3) is 6.43 Å². The Morgan fingerprint density at radius 3 is 2.71 bits per heavy atom. The first-order chi connectivity index (χ1) is 6.56. The summed E-state index contributed by atoms with van der Waals surface area (Å²) in [5.41, 5.74) is -1.64. The number of esters is 1. The molecule has 76 valence electrons. The first kappa shape index (κ1) is 10.4. The molecule has 0 amide bonds. The van der Waals surface area contributed by atoms with E-state index < -0.39 is 23.5 Å². The highest BCUT2D eigenvalue weighted by atomic mass is 19.3. The number of pyridine rings is 1. The van der Waals surface area contributed by atoms with Crippen molar-refractivity contribution >= 4 is 5.97 Å². The average molecular weight is 203 g/mol. The molecule has 1 aromatic rings. The number of rotatable bonds is 2. The zero-order valence-electron chi connectivity index (χ0n) is 7.21. The van der Waals surface area contributed by atoms with Gasteiger partial charge >= 0.3 is 5.97 Å². The summed E-state index contributed by atoms with van der Waals surface area (Å²) in [6, 6.07) is 0.677. The van der Waals surface area contributed by atoms with Crippen LogP contribution in [0.15, 0.2) is 17.1 Å². The van der Waals surface area contributed by atoms with Crippen LogP contribution in [0.2, 0.25) is 0 Å². The van der Waals surface area contributed by atoms with Gasteiger partial charge in [-0.2, -0.15) is 0 Å². The summed E-state index contributed by atoms with van der Waals surface area (Å²) in [7, 11) is 1.07. The number of carbonyl (C=O) groups excluding carboxylic acids is 1. The molecule has 0 fully saturated rings. The van der Waals surface area contributed by atoms with Crippen molar-refractivity contribution in [2.24, 2.45) is 0 Å². The van der Waals surface area contributed by atoms with Crippen LogP contribution in [-0.2, 0) is 4.74 Å². The van der Waals surface area contributed by atoms with E-state index in [-0.39, 0.29) is 5.56 Å². The molecule has 0 aliphatic carbocycles. The quantitative estimate of drug-likeness (QED) is 0.732. The number of aromatic amines is 1. The molecule has 1 rings (SSSR count). The van der Waals surface area contributed by atoms with E-state index in [2.05, 4.69) is 9.72 Å². The fraction of sp³-hybridized carbons (Fsp3) is 0.250. The molecule has 6 heteroatoms. The van der Waals surface area contributed by atoms with Crippen molar-refractivity contribution in [3.05, 3.63) is 33.7 Å². The minimum Gasteiger partial charge on any atom is -0.465 e. The Bertz CT molecular complexity index is 400. The lowest BCUT2D eigenvalue weighted by atomic mass is 10.1. The van der Waals surface area contributed by atoms with Gasteiger partial charge in [0, 0.05) is 17.8 Å². The predicted octanol–water partition coefficient (Wildman–Crippen LogP) is 1.10. The van der Waals surface area contributed by atoms with Gasteiger partial charge in [-0.15, -0.1) is 0 Å². The lowest BCUT2D eigenvalue weighted by Crippen LogP contribution is -2.13. The highest BCUT2D eigenvalue weighted by molar-refractivity contribution is 5.90. The maximum absolute atomic E-state index is 12.3. The zero-order chi connectivity index (χ0) is 10.7. The number of hydrogen-bond donors (Lipinski definition) is 1. The van der Waals surface area contributed by atoms with Crippen molar-refractivity contribution in [1.29, 1.82) is 0 Å². The van der Waals surface area contributed by atoms with E-state index in [1.807, 2.05) is 0 Å². The van der Waals surface area contributed by atoms with Gasteiger partial charge in [0.05, 0.1) is 12.7 Å². The van der Waals surface area contributed by atoms with Crippen LogP contribution in [0, 0.1) is 0 Å². The lowest BCUT2D eigenvalue weighted by Gasteiger charge is -2.04. The van der Waals surface area contributed by atoms with Gasteiger partial charge < -0.3 is 9.72 Å². The molecule has 1 heterocycles. The Balaban J connectivity index is 3.28. The molecule has 4 nitrogen and oxygen atoms in total. The molecule has 0 radical (unpaired) electrons. The van der Waals surface area contributed by atoms with E-state index in [0.717, 1.165) is 13.3 Å². The number of hydrogen-bond acceptors (Lipinski definition) is 3. The van der Waals surface area contributed by atoms with Crippen LogP contribution in [-0.4, -0.2) is 18.1 Å². The van der Waals surface area contributed by atoms with Crippen LogP contribution in [0.5, 0.6) is 0 Å². The number of H-pyrrole nitrogens is 1. The maximum Gasteiger partial charge on any atom is 0.339 e. The Morgan fingerprint density at radius 1 is 1.57 bits per heavy atom. The first-order valence-corrected chi connectivity index (χ1v) is 3.65. The summed E-state index contributed by atoms with van der Waals surface area (Å²) in [5.74, 6) is -0.906. The Labute approximate surface area is 77.5 Å². The number of alkyl halides is 2. The molecular formula is C8H7F2NO3. The van der Waals surface area contributed by atoms with Crippen LogP contribution < -0.4 is 5.56 Å². The summed E-state index contributed by atoms with van der Waals surface area (Å²) >= 11 is 0. The lowest BCUT2D eigenvalue weighted by molar-refractivity contribution is 0.0588. The van der Waals surface area contributed by atoms with Crippen LogP contribution in [0.4, 0.5) is 8.78 Å². The zero-order valence-corrected chi connectivity index (χ0v) is 7.21. The Kier molecular flexibility index (Phi) is 2.95. The van der Waals surface area contributed by atoms with Gasteiger partial charge in [0.2, 0.25) is 5.56 Å². The third kappa shape index (κ3) is 1.95. The van der Waals surface area contributed by atoms with Crippen LogP contribution in [0.3, 0.4) is 0 Å². The molecule has 0 atom stereocenters. The number of aromatic nitrogens is 1. The van der Waals surface area contributed by atoms with E-state index in [0.29, 0.717) is 6.07 Å². The van der Waals surface area contributed by atoms with Crippen LogP contribution in [0.25, 0.3) is 0 Å². The van der Waals surface area contributed by atoms with Gasteiger partial charge in [-0.25, -0.2) is 13.6 Å². The first-order valence-electron chi connectivity index (χ1n) is 3.65. The number of carbonyl (C=O) groups is 1. The van der Waals surface area contributed by atoms with Gasteiger partial charge in [-0.1, -0.05) is 0 Å². The monoisotopic (exact) mass is 203 g/mol. The largest absolute Gasteiger partial charge is 0.465 e. The van der Waals surface area contributed by atoms with Crippen LogP contribution >= 0.6 is 0 Å². The molecule has 1 N–H and O–H groups in total. The van der Waals surface area contributed by atoms with E-state index >= 15 is 0 Å². The molecule has 0 spiro atoms. The standard InChI is InChI=1S/C8H7F2NO3/c1-14-8(13)5-3-11-6(12)2-4(5)7(9)10/h2-3,7H,1H3,(H,11,12).